The first-order valence-corrected chi connectivity index (χ1v) is 16.8. The van der Waals surface area contributed by atoms with Crippen molar-refractivity contribution in [3.05, 3.63) is 96.1 Å². The highest BCUT2D eigenvalue weighted by molar-refractivity contribution is 6.00. The standard InChI is InChI=1S/C38H48N4O6/c1-4-5-8-21-34(43)42(47)38(28(2)3,27-31-19-13-14-20-32(31)30-17-11-7-12-18-30)36(45)39-33(26-29-15-9-6-10-16-29)35(44)40-37(46)41-22-24-48-25-23-41/h6-7,9-20,28,33,47H,4-5,8,21-27H2,1-3H3,(H,39,45)(H,40,44,46)/t33?,38-/m0/s1. The molecule has 2 atom stereocenters. The van der Waals surface area contributed by atoms with Gasteiger partial charge in [0.15, 0.2) is 5.54 Å². The average Bonchev–Trinajstić information content (AvgIpc) is 3.11. The number of benzene rings is 3. The van der Waals surface area contributed by atoms with E-state index in [1.807, 2.05) is 91.9 Å². The molecule has 3 N–H and O–H groups in total. The van der Waals surface area contributed by atoms with Crippen molar-refractivity contribution >= 4 is 23.8 Å². The number of urea groups is 1. The lowest BCUT2D eigenvalue weighted by Crippen LogP contribution is -2.66. The highest BCUT2D eigenvalue weighted by Gasteiger charge is 2.50. The van der Waals surface area contributed by atoms with Gasteiger partial charge < -0.3 is 15.0 Å². The summed E-state index contributed by atoms with van der Waals surface area (Å²) < 4.78 is 5.33. The summed E-state index contributed by atoms with van der Waals surface area (Å²) in [4.78, 5) is 56.7. The van der Waals surface area contributed by atoms with Gasteiger partial charge in [-0.05, 0) is 34.6 Å². The van der Waals surface area contributed by atoms with E-state index >= 15 is 0 Å². The monoisotopic (exact) mass is 656 g/mol. The van der Waals surface area contributed by atoms with Gasteiger partial charge in [0.25, 0.3) is 5.91 Å². The van der Waals surface area contributed by atoms with Gasteiger partial charge in [-0.2, -0.15) is 0 Å². The molecule has 0 bridgehead atoms. The van der Waals surface area contributed by atoms with Crippen molar-refractivity contribution in [2.75, 3.05) is 26.3 Å². The maximum Gasteiger partial charge on any atom is 0.324 e. The van der Waals surface area contributed by atoms with Gasteiger partial charge in [0.05, 0.1) is 13.2 Å². The van der Waals surface area contributed by atoms with E-state index in [4.69, 9.17) is 4.74 Å². The molecule has 256 valence electrons. The zero-order valence-electron chi connectivity index (χ0n) is 28.2. The summed E-state index contributed by atoms with van der Waals surface area (Å²) in [6, 6.07) is 24.7. The molecular weight excluding hydrogens is 608 g/mol. The highest BCUT2D eigenvalue weighted by atomic mass is 16.5. The van der Waals surface area contributed by atoms with Crippen LogP contribution in [-0.2, 0) is 32.0 Å². The van der Waals surface area contributed by atoms with Crippen LogP contribution in [0.1, 0.15) is 57.6 Å². The Balaban J connectivity index is 1.73. The molecule has 5 amide bonds. The average molecular weight is 657 g/mol. The first kappa shape index (κ1) is 36.3. The van der Waals surface area contributed by atoms with E-state index in [1.54, 1.807) is 13.8 Å². The van der Waals surface area contributed by atoms with Gasteiger partial charge in [0, 0.05) is 32.4 Å². The molecule has 1 aliphatic heterocycles. The van der Waals surface area contributed by atoms with E-state index in [0.717, 1.165) is 35.1 Å². The fourth-order valence-corrected chi connectivity index (χ4v) is 6.06. The van der Waals surface area contributed by atoms with Gasteiger partial charge in [-0.1, -0.05) is 119 Å². The fraction of sp³-hybridized carbons (Fsp3) is 0.421. The lowest BCUT2D eigenvalue weighted by molar-refractivity contribution is -0.205. The van der Waals surface area contributed by atoms with Crippen LogP contribution in [0.15, 0.2) is 84.9 Å². The quantitative estimate of drug-likeness (QED) is 0.121. The smallest absolute Gasteiger partial charge is 0.324 e. The SMILES string of the molecule is CCCCCC(=O)N(O)[C@](Cc1ccccc1-c1ccccc1)(C(=O)NC(Cc1ccccc1)C(=O)NC(=O)N1CCOCC1)C(C)C. The van der Waals surface area contributed by atoms with Gasteiger partial charge >= 0.3 is 6.03 Å². The van der Waals surface area contributed by atoms with Crippen molar-refractivity contribution in [3.8, 4) is 11.1 Å². The Hall–Kier alpha value is -4.54. The number of nitrogens with one attached hydrogen (secondary N) is 2. The first-order valence-electron chi connectivity index (χ1n) is 16.8. The number of imide groups is 1. The fourth-order valence-electron chi connectivity index (χ4n) is 6.06. The van der Waals surface area contributed by atoms with Crippen molar-refractivity contribution in [1.82, 2.24) is 20.6 Å². The van der Waals surface area contributed by atoms with Gasteiger partial charge in [0.2, 0.25) is 11.8 Å². The third kappa shape index (κ3) is 9.08. The third-order valence-electron chi connectivity index (χ3n) is 8.95. The zero-order chi connectivity index (χ0) is 34.5. The van der Waals surface area contributed by atoms with E-state index in [1.165, 1.54) is 4.90 Å². The number of nitrogens with zero attached hydrogens (tertiary/aromatic N) is 2. The maximum absolute atomic E-state index is 14.8. The van der Waals surface area contributed by atoms with Crippen molar-refractivity contribution in [3.63, 3.8) is 0 Å². The van der Waals surface area contributed by atoms with Crippen LogP contribution < -0.4 is 10.6 Å². The second-order valence-corrected chi connectivity index (χ2v) is 12.6. The number of morpholine rings is 1. The minimum absolute atomic E-state index is 0.0238. The summed E-state index contributed by atoms with van der Waals surface area (Å²) in [5.41, 5.74) is 1.50. The molecule has 0 aromatic heterocycles. The van der Waals surface area contributed by atoms with E-state index in [-0.39, 0.29) is 19.3 Å². The Morgan fingerprint density at radius 1 is 0.896 bits per heavy atom. The Morgan fingerprint density at radius 3 is 2.17 bits per heavy atom. The van der Waals surface area contributed by atoms with Crippen LogP contribution in [0.3, 0.4) is 0 Å². The lowest BCUT2D eigenvalue weighted by Gasteiger charge is -2.43. The molecule has 1 aliphatic rings. The van der Waals surface area contributed by atoms with E-state index in [9.17, 15) is 24.4 Å². The van der Waals surface area contributed by atoms with Crippen LogP contribution in [0, 0.1) is 5.92 Å². The Labute approximate surface area is 283 Å². The molecule has 1 fully saturated rings. The third-order valence-corrected chi connectivity index (χ3v) is 8.95. The molecule has 3 aromatic carbocycles. The molecule has 1 unspecified atom stereocenters. The predicted octanol–water partition coefficient (Wildman–Crippen LogP) is 5.38. The van der Waals surface area contributed by atoms with Crippen LogP contribution in [-0.4, -0.2) is 76.8 Å². The second kappa shape index (κ2) is 17.6. The normalized spacial score (nSPS) is 14.9. The van der Waals surface area contributed by atoms with Crippen LogP contribution in [0.4, 0.5) is 4.79 Å². The Kier molecular flexibility index (Phi) is 13.3. The van der Waals surface area contributed by atoms with E-state index in [2.05, 4.69) is 10.6 Å². The predicted molar refractivity (Wildman–Crippen MR) is 184 cm³/mol. The molecule has 0 radical (unpaired) electrons. The van der Waals surface area contributed by atoms with Crippen LogP contribution >= 0.6 is 0 Å². The molecule has 10 nitrogen and oxygen atoms in total. The number of hydrogen-bond acceptors (Lipinski definition) is 6. The van der Waals surface area contributed by atoms with Crippen molar-refractivity contribution < 1.29 is 29.1 Å². The largest absolute Gasteiger partial charge is 0.378 e. The molecule has 3 aromatic rings. The molecule has 0 aliphatic carbocycles. The summed E-state index contributed by atoms with van der Waals surface area (Å²) in [6.45, 7) is 6.99. The number of rotatable bonds is 14. The number of carbonyl (C=O) groups excluding carboxylic acids is 4. The van der Waals surface area contributed by atoms with Crippen molar-refractivity contribution in [2.45, 2.75) is 70.9 Å². The van der Waals surface area contributed by atoms with Gasteiger partial charge in [-0.15, -0.1) is 0 Å². The Morgan fingerprint density at radius 2 is 1.52 bits per heavy atom. The molecule has 48 heavy (non-hydrogen) atoms. The summed E-state index contributed by atoms with van der Waals surface area (Å²) in [7, 11) is 0. The topological polar surface area (TPSA) is 128 Å². The minimum Gasteiger partial charge on any atom is -0.378 e. The molecular formula is C38H48N4O6. The van der Waals surface area contributed by atoms with E-state index < -0.39 is 41.3 Å². The highest BCUT2D eigenvalue weighted by Crippen LogP contribution is 2.34. The summed E-state index contributed by atoms with van der Waals surface area (Å²) in [5, 5.41) is 17.7. The van der Waals surface area contributed by atoms with Gasteiger partial charge in [0.1, 0.15) is 6.04 Å². The zero-order valence-corrected chi connectivity index (χ0v) is 28.2. The maximum atomic E-state index is 14.8. The number of hydroxylamine groups is 2. The number of unbranched alkanes of at least 4 members (excludes halogenated alkanes) is 2. The van der Waals surface area contributed by atoms with Gasteiger partial charge in [-0.25, -0.2) is 9.86 Å². The van der Waals surface area contributed by atoms with Crippen LogP contribution in [0.2, 0.25) is 0 Å². The van der Waals surface area contributed by atoms with Gasteiger partial charge in [-0.3, -0.25) is 24.9 Å². The van der Waals surface area contributed by atoms with E-state index in [0.29, 0.717) is 37.8 Å². The molecule has 1 heterocycles. The Bertz CT molecular complexity index is 1510. The van der Waals surface area contributed by atoms with Crippen molar-refractivity contribution in [1.29, 1.82) is 0 Å². The first-order chi connectivity index (χ1) is 23.2. The number of amides is 5. The van der Waals surface area contributed by atoms with Crippen LogP contribution in [0.25, 0.3) is 11.1 Å². The number of carbonyl (C=O) groups is 4. The van der Waals surface area contributed by atoms with Crippen molar-refractivity contribution in [2.24, 2.45) is 5.92 Å². The summed E-state index contributed by atoms with van der Waals surface area (Å²) >= 11 is 0. The molecule has 10 heteroatoms. The molecule has 0 spiro atoms. The summed E-state index contributed by atoms with van der Waals surface area (Å²) in [5.74, 6) is -2.54. The number of ether oxygens (including phenoxy) is 1. The van der Waals surface area contributed by atoms with Crippen LogP contribution in [0.5, 0.6) is 0 Å². The number of hydrogen-bond donors (Lipinski definition) is 3. The molecule has 1 saturated heterocycles. The second-order valence-electron chi connectivity index (χ2n) is 12.6. The minimum atomic E-state index is -1.79. The summed E-state index contributed by atoms with van der Waals surface area (Å²) in [6.07, 6.45) is 2.37. The molecule has 4 rings (SSSR count). The molecule has 0 saturated carbocycles. The lowest BCUT2D eigenvalue weighted by atomic mass is 9.77.